The summed E-state index contributed by atoms with van der Waals surface area (Å²) in [6.07, 6.45) is 1.70. The van der Waals surface area contributed by atoms with E-state index in [1.165, 1.54) is 0 Å². The van der Waals surface area contributed by atoms with Crippen LogP contribution in [0.2, 0.25) is 0 Å². The van der Waals surface area contributed by atoms with Gasteiger partial charge in [0, 0.05) is 11.8 Å². The summed E-state index contributed by atoms with van der Waals surface area (Å²) in [6.45, 7) is 3.63. The lowest BCUT2D eigenvalue weighted by Crippen LogP contribution is -2.19. The minimum Gasteiger partial charge on any atom is -0.392 e. The highest BCUT2D eigenvalue weighted by Crippen LogP contribution is 2.16. The second-order valence-corrected chi connectivity index (χ2v) is 3.70. The Kier molecular flexibility index (Phi) is 7.77. The summed E-state index contributed by atoms with van der Waals surface area (Å²) < 4.78 is 0. The average Bonchev–Trinajstić information content (AvgIpc) is 2.16. The van der Waals surface area contributed by atoms with Gasteiger partial charge in [0.25, 0.3) is 0 Å². The van der Waals surface area contributed by atoms with Crippen molar-refractivity contribution in [3.63, 3.8) is 0 Å². The molecule has 0 aliphatic carbocycles. The van der Waals surface area contributed by atoms with E-state index in [2.05, 4.69) is 6.58 Å². The van der Waals surface area contributed by atoms with Gasteiger partial charge in [0.15, 0.2) is 0 Å². The third-order valence-electron chi connectivity index (χ3n) is 1.84. The normalized spacial score (nSPS) is 17.8. The molecule has 0 aromatic heterocycles. The van der Waals surface area contributed by atoms with E-state index in [9.17, 15) is 10.2 Å². The average molecular weight is 227 g/mol. The van der Waals surface area contributed by atoms with Crippen LogP contribution in [0.3, 0.4) is 0 Å². The molecule has 0 fully saturated rings. The molecule has 2 atom stereocenters. The molecular formula is C9H16Cl2O2. The van der Waals surface area contributed by atoms with Crippen molar-refractivity contribution in [2.75, 3.05) is 11.8 Å². The number of allylic oxidation sites excluding steroid dienone is 1. The smallest absolute Gasteiger partial charge is 0.0681 e. The van der Waals surface area contributed by atoms with Crippen LogP contribution in [-0.2, 0) is 0 Å². The maximum absolute atomic E-state index is 9.25. The zero-order valence-electron chi connectivity index (χ0n) is 7.50. The van der Waals surface area contributed by atoms with E-state index >= 15 is 0 Å². The molecule has 0 aliphatic heterocycles. The van der Waals surface area contributed by atoms with Gasteiger partial charge in [0.2, 0.25) is 0 Å². The third kappa shape index (κ3) is 6.33. The highest BCUT2D eigenvalue weighted by atomic mass is 35.5. The van der Waals surface area contributed by atoms with Gasteiger partial charge in [0.05, 0.1) is 12.2 Å². The Morgan fingerprint density at radius 3 is 1.69 bits per heavy atom. The van der Waals surface area contributed by atoms with Crippen LogP contribution in [0.4, 0.5) is 0 Å². The number of aliphatic hydroxyl groups is 2. The number of rotatable bonds is 7. The molecule has 13 heavy (non-hydrogen) atoms. The molecule has 0 spiro atoms. The van der Waals surface area contributed by atoms with E-state index in [1.807, 2.05) is 0 Å². The van der Waals surface area contributed by atoms with Crippen LogP contribution in [0.15, 0.2) is 12.7 Å². The van der Waals surface area contributed by atoms with Crippen LogP contribution in [-0.4, -0.2) is 34.2 Å². The van der Waals surface area contributed by atoms with Crippen molar-refractivity contribution in [3.05, 3.63) is 12.7 Å². The van der Waals surface area contributed by atoms with E-state index < -0.39 is 12.2 Å². The van der Waals surface area contributed by atoms with Gasteiger partial charge in [0.1, 0.15) is 0 Å². The standard InChI is InChI=1S/C9H16Cl2O2/c1-2-7(3-8(12)5-10)4-9(13)6-11/h2,7-9,12-13H,1,3-6H2. The molecule has 78 valence electrons. The summed E-state index contributed by atoms with van der Waals surface area (Å²) in [5.74, 6) is 0.491. The number of halogens is 2. The zero-order chi connectivity index (χ0) is 10.3. The molecule has 0 radical (unpaired) electrons. The molecule has 0 saturated carbocycles. The zero-order valence-corrected chi connectivity index (χ0v) is 9.01. The van der Waals surface area contributed by atoms with E-state index in [1.54, 1.807) is 6.08 Å². The summed E-state index contributed by atoms with van der Waals surface area (Å²) in [5.41, 5.74) is 0. The number of hydrogen-bond donors (Lipinski definition) is 2. The molecule has 2 N–H and O–H groups in total. The van der Waals surface area contributed by atoms with Crippen molar-refractivity contribution in [3.8, 4) is 0 Å². The van der Waals surface area contributed by atoms with E-state index in [0.29, 0.717) is 12.8 Å². The molecule has 0 saturated heterocycles. The fourth-order valence-corrected chi connectivity index (χ4v) is 1.37. The Labute approximate surface area is 89.2 Å². The summed E-state index contributed by atoms with van der Waals surface area (Å²) in [6, 6.07) is 0. The molecule has 0 rings (SSSR count). The van der Waals surface area contributed by atoms with Gasteiger partial charge >= 0.3 is 0 Å². The Hall–Kier alpha value is 0.240. The number of alkyl halides is 2. The molecule has 0 aromatic rings. The monoisotopic (exact) mass is 226 g/mol. The second kappa shape index (κ2) is 7.63. The largest absolute Gasteiger partial charge is 0.392 e. The Balaban J connectivity index is 3.81. The second-order valence-electron chi connectivity index (χ2n) is 3.08. The predicted octanol–water partition coefficient (Wildman–Crippen LogP) is 1.77. The van der Waals surface area contributed by atoms with Crippen molar-refractivity contribution in [2.24, 2.45) is 5.92 Å². The van der Waals surface area contributed by atoms with Gasteiger partial charge in [-0.2, -0.15) is 0 Å². The van der Waals surface area contributed by atoms with Gasteiger partial charge in [-0.3, -0.25) is 0 Å². The van der Waals surface area contributed by atoms with Gasteiger partial charge in [-0.25, -0.2) is 0 Å². The first-order chi connectivity index (χ1) is 6.13. The maximum atomic E-state index is 9.25. The van der Waals surface area contributed by atoms with Crippen molar-refractivity contribution in [2.45, 2.75) is 25.0 Å². The van der Waals surface area contributed by atoms with Gasteiger partial charge in [-0.1, -0.05) is 6.08 Å². The molecule has 0 amide bonds. The van der Waals surface area contributed by atoms with Crippen molar-refractivity contribution in [1.82, 2.24) is 0 Å². The van der Waals surface area contributed by atoms with Crippen molar-refractivity contribution in [1.29, 1.82) is 0 Å². The topological polar surface area (TPSA) is 40.5 Å². The van der Waals surface area contributed by atoms with E-state index in [0.717, 1.165) is 0 Å². The predicted molar refractivity (Wildman–Crippen MR) is 56.4 cm³/mol. The fraction of sp³-hybridized carbons (Fsp3) is 0.778. The highest BCUT2D eigenvalue weighted by Gasteiger charge is 2.14. The molecule has 4 heteroatoms. The molecule has 0 aliphatic rings. The molecule has 2 unspecified atom stereocenters. The van der Waals surface area contributed by atoms with Crippen LogP contribution in [0.5, 0.6) is 0 Å². The first-order valence-corrected chi connectivity index (χ1v) is 5.31. The SMILES string of the molecule is C=CC(CC(O)CCl)CC(O)CCl. The fourth-order valence-electron chi connectivity index (χ4n) is 1.11. The van der Waals surface area contributed by atoms with Crippen LogP contribution < -0.4 is 0 Å². The molecule has 0 heterocycles. The quantitative estimate of drug-likeness (QED) is 0.514. The van der Waals surface area contributed by atoms with Crippen LogP contribution in [0.25, 0.3) is 0 Å². The Morgan fingerprint density at radius 1 is 1.08 bits per heavy atom. The van der Waals surface area contributed by atoms with Gasteiger partial charge in [-0.15, -0.1) is 29.8 Å². The summed E-state index contributed by atoms with van der Waals surface area (Å²) in [4.78, 5) is 0. The Morgan fingerprint density at radius 2 is 1.46 bits per heavy atom. The van der Waals surface area contributed by atoms with Gasteiger partial charge in [-0.05, 0) is 18.8 Å². The summed E-state index contributed by atoms with van der Waals surface area (Å²) in [7, 11) is 0. The summed E-state index contributed by atoms with van der Waals surface area (Å²) in [5, 5.41) is 18.5. The molecule has 0 bridgehead atoms. The first-order valence-electron chi connectivity index (χ1n) is 4.24. The molecule has 2 nitrogen and oxygen atoms in total. The van der Waals surface area contributed by atoms with E-state index in [4.69, 9.17) is 23.2 Å². The summed E-state index contributed by atoms with van der Waals surface area (Å²) >= 11 is 10.9. The van der Waals surface area contributed by atoms with Crippen molar-refractivity contribution < 1.29 is 10.2 Å². The minimum atomic E-state index is -0.535. The Bertz CT molecular complexity index is 130. The van der Waals surface area contributed by atoms with Crippen LogP contribution in [0, 0.1) is 5.92 Å². The third-order valence-corrected chi connectivity index (χ3v) is 2.55. The van der Waals surface area contributed by atoms with Crippen LogP contribution >= 0.6 is 23.2 Å². The van der Waals surface area contributed by atoms with Gasteiger partial charge < -0.3 is 10.2 Å². The molecular weight excluding hydrogens is 211 g/mol. The lowest BCUT2D eigenvalue weighted by atomic mass is 9.96. The number of aliphatic hydroxyl groups excluding tert-OH is 2. The number of hydrogen-bond acceptors (Lipinski definition) is 2. The van der Waals surface area contributed by atoms with E-state index in [-0.39, 0.29) is 17.7 Å². The lowest BCUT2D eigenvalue weighted by Gasteiger charge is -2.17. The van der Waals surface area contributed by atoms with Crippen LogP contribution in [0.1, 0.15) is 12.8 Å². The van der Waals surface area contributed by atoms with Crippen molar-refractivity contribution >= 4 is 23.2 Å². The first kappa shape index (κ1) is 13.2. The maximum Gasteiger partial charge on any atom is 0.0681 e. The minimum absolute atomic E-state index is 0.0718. The highest BCUT2D eigenvalue weighted by molar-refractivity contribution is 6.18. The lowest BCUT2D eigenvalue weighted by molar-refractivity contribution is 0.137. The molecule has 0 aromatic carbocycles.